The first-order valence-corrected chi connectivity index (χ1v) is 3.12. The molecule has 0 saturated heterocycles. The van der Waals surface area contributed by atoms with Gasteiger partial charge in [-0.2, -0.15) is 0 Å². The molecule has 0 radical (unpaired) electrons. The summed E-state index contributed by atoms with van der Waals surface area (Å²) in [5.41, 5.74) is 0.240. The predicted octanol–water partition coefficient (Wildman–Crippen LogP) is 0.984. The van der Waals surface area contributed by atoms with Gasteiger partial charge in [0.1, 0.15) is 5.83 Å². The third-order valence-corrected chi connectivity index (χ3v) is 1.09. The van der Waals surface area contributed by atoms with Crippen molar-refractivity contribution in [3.8, 4) is 0 Å². The van der Waals surface area contributed by atoms with Crippen molar-refractivity contribution >= 4 is 7.12 Å². The summed E-state index contributed by atoms with van der Waals surface area (Å²) < 4.78 is 12.0. The Morgan fingerprint density at radius 2 is 2.00 bits per heavy atom. The van der Waals surface area contributed by atoms with Gasteiger partial charge in [-0.3, -0.25) is 0 Å². The van der Waals surface area contributed by atoms with Crippen LogP contribution in [-0.4, -0.2) is 17.2 Å². The van der Waals surface area contributed by atoms with Crippen LogP contribution in [0.25, 0.3) is 0 Å². The quantitative estimate of drug-likeness (QED) is 0.472. The molecule has 60 valence electrons. The summed E-state index contributed by atoms with van der Waals surface area (Å²) >= 11 is 0. The fourth-order valence-corrected chi connectivity index (χ4v) is 0.518. The maximum absolute atomic E-state index is 12.0. The maximum atomic E-state index is 12.0. The second-order valence-corrected chi connectivity index (χ2v) is 1.94. The normalized spacial score (nSPS) is 12.2. The van der Waals surface area contributed by atoms with Crippen LogP contribution < -0.4 is 0 Å². The van der Waals surface area contributed by atoms with Crippen molar-refractivity contribution in [1.29, 1.82) is 0 Å². The molecule has 0 aromatic carbocycles. The molecule has 4 heteroatoms. The molecule has 0 aliphatic carbocycles. The largest absolute Gasteiger partial charge is 0.488 e. The first-order valence-electron chi connectivity index (χ1n) is 3.12. The Kier molecular flexibility index (Phi) is 4.49. The Bertz CT molecular complexity index is 197. The molecule has 2 N–H and O–H groups in total. The highest BCUT2D eigenvalue weighted by molar-refractivity contribution is 6.51. The lowest BCUT2D eigenvalue weighted by Crippen LogP contribution is -2.13. The average Bonchev–Trinajstić information content (AvgIpc) is 1.87. The van der Waals surface area contributed by atoms with E-state index in [2.05, 4.69) is 6.58 Å². The molecule has 0 aliphatic rings. The van der Waals surface area contributed by atoms with Crippen molar-refractivity contribution in [2.24, 2.45) is 0 Å². The summed E-state index contributed by atoms with van der Waals surface area (Å²) in [4.78, 5) is 0. The number of hydrogen-bond acceptors (Lipinski definition) is 2. The fraction of sp³-hybridized carbons (Fsp3) is 0.143. The Morgan fingerprint density at radius 3 is 2.27 bits per heavy atom. The van der Waals surface area contributed by atoms with Gasteiger partial charge in [-0.1, -0.05) is 18.7 Å². The molecule has 0 saturated carbocycles. The Balaban J connectivity index is 4.22. The molecule has 0 amide bonds. The minimum Gasteiger partial charge on any atom is -0.423 e. The topological polar surface area (TPSA) is 40.5 Å². The molecule has 2 nitrogen and oxygen atoms in total. The molecule has 0 rings (SSSR count). The van der Waals surface area contributed by atoms with Gasteiger partial charge in [0.25, 0.3) is 0 Å². The highest BCUT2D eigenvalue weighted by Crippen LogP contribution is 2.01. The van der Waals surface area contributed by atoms with Gasteiger partial charge >= 0.3 is 7.12 Å². The van der Waals surface area contributed by atoms with E-state index in [1.165, 1.54) is 12.2 Å². The van der Waals surface area contributed by atoms with E-state index >= 15 is 0 Å². The highest BCUT2D eigenvalue weighted by Gasteiger charge is 2.09. The molecule has 0 heterocycles. The second-order valence-electron chi connectivity index (χ2n) is 1.94. The number of halogens is 1. The minimum atomic E-state index is -1.56. The number of allylic oxidation sites excluding steroid dienone is 5. The van der Waals surface area contributed by atoms with Crippen LogP contribution in [0.3, 0.4) is 0 Å². The molecule has 0 unspecified atom stereocenters. The van der Waals surface area contributed by atoms with Crippen molar-refractivity contribution < 1.29 is 14.4 Å². The molecule has 0 fully saturated rings. The Hall–Kier alpha value is -0.865. The smallest absolute Gasteiger partial charge is 0.423 e. The molecule has 0 atom stereocenters. The van der Waals surface area contributed by atoms with Crippen LogP contribution in [0.1, 0.15) is 6.92 Å². The molecule has 0 aromatic rings. The monoisotopic (exact) mass is 156 g/mol. The lowest BCUT2D eigenvalue weighted by atomic mass is 9.79. The Labute approximate surface area is 65.5 Å². The number of rotatable bonds is 3. The van der Waals surface area contributed by atoms with E-state index in [-0.39, 0.29) is 5.47 Å². The SMILES string of the molecule is C=C(F)/C=C\C(=C/C)B(O)O. The van der Waals surface area contributed by atoms with E-state index in [9.17, 15) is 4.39 Å². The molecular weight excluding hydrogens is 146 g/mol. The van der Waals surface area contributed by atoms with Crippen molar-refractivity contribution in [2.45, 2.75) is 6.92 Å². The van der Waals surface area contributed by atoms with Crippen LogP contribution in [0.4, 0.5) is 4.39 Å². The van der Waals surface area contributed by atoms with Gasteiger partial charge in [-0.05, 0) is 18.5 Å². The van der Waals surface area contributed by atoms with Gasteiger partial charge in [0.15, 0.2) is 0 Å². The van der Waals surface area contributed by atoms with Crippen molar-refractivity contribution in [3.05, 3.63) is 36.1 Å². The first kappa shape index (κ1) is 10.1. The molecule has 0 aromatic heterocycles. The zero-order valence-electron chi connectivity index (χ0n) is 6.29. The van der Waals surface area contributed by atoms with E-state index in [1.807, 2.05) is 0 Å². The van der Waals surface area contributed by atoms with Gasteiger partial charge < -0.3 is 10.0 Å². The van der Waals surface area contributed by atoms with E-state index in [1.54, 1.807) is 6.92 Å². The standard InChI is InChI=1S/C7H10BFO2/c1-3-7(8(10)11)5-4-6(2)9/h3-5,10-11H,2H2,1H3/b5-4-,7-3+. The van der Waals surface area contributed by atoms with Crippen LogP contribution >= 0.6 is 0 Å². The fourth-order valence-electron chi connectivity index (χ4n) is 0.518. The molecule has 0 spiro atoms. The van der Waals surface area contributed by atoms with Gasteiger partial charge in [0, 0.05) is 0 Å². The van der Waals surface area contributed by atoms with E-state index < -0.39 is 12.9 Å². The van der Waals surface area contributed by atoms with Crippen LogP contribution in [0.15, 0.2) is 36.1 Å². The average molecular weight is 156 g/mol. The molecule has 0 aliphatic heterocycles. The number of hydrogen-bond donors (Lipinski definition) is 2. The van der Waals surface area contributed by atoms with E-state index in [0.29, 0.717) is 0 Å². The lowest BCUT2D eigenvalue weighted by molar-refractivity contribution is 0.420. The van der Waals surface area contributed by atoms with Crippen LogP contribution in [0.5, 0.6) is 0 Å². The van der Waals surface area contributed by atoms with E-state index in [4.69, 9.17) is 10.0 Å². The van der Waals surface area contributed by atoms with Crippen LogP contribution in [0, 0.1) is 0 Å². The van der Waals surface area contributed by atoms with Gasteiger partial charge in [0.05, 0.1) is 0 Å². The summed E-state index contributed by atoms with van der Waals surface area (Å²) in [5.74, 6) is -0.620. The summed E-state index contributed by atoms with van der Waals surface area (Å²) in [5, 5.41) is 17.2. The van der Waals surface area contributed by atoms with Crippen LogP contribution in [0.2, 0.25) is 0 Å². The maximum Gasteiger partial charge on any atom is 0.488 e. The third-order valence-electron chi connectivity index (χ3n) is 1.09. The molecular formula is C7H10BFO2. The molecule has 11 heavy (non-hydrogen) atoms. The van der Waals surface area contributed by atoms with E-state index in [0.717, 1.165) is 6.08 Å². The Morgan fingerprint density at radius 1 is 1.45 bits per heavy atom. The van der Waals surface area contributed by atoms with Crippen LogP contribution in [-0.2, 0) is 0 Å². The zero-order valence-corrected chi connectivity index (χ0v) is 6.29. The first-order chi connectivity index (χ1) is 5.07. The van der Waals surface area contributed by atoms with Gasteiger partial charge in [-0.25, -0.2) is 4.39 Å². The second kappa shape index (κ2) is 4.88. The summed E-state index contributed by atoms with van der Waals surface area (Å²) in [6.45, 7) is 4.60. The molecule has 0 bridgehead atoms. The predicted molar refractivity (Wildman–Crippen MR) is 43.3 cm³/mol. The zero-order chi connectivity index (χ0) is 8.85. The summed E-state index contributed by atoms with van der Waals surface area (Å²) in [6, 6.07) is 0. The highest BCUT2D eigenvalue weighted by atomic mass is 19.1. The minimum absolute atomic E-state index is 0.240. The third kappa shape index (κ3) is 4.53. The van der Waals surface area contributed by atoms with Gasteiger partial charge in [0.2, 0.25) is 0 Å². The summed E-state index contributed by atoms with van der Waals surface area (Å²) in [6.07, 6.45) is 3.80. The van der Waals surface area contributed by atoms with Crippen molar-refractivity contribution in [1.82, 2.24) is 0 Å². The van der Waals surface area contributed by atoms with Gasteiger partial charge in [-0.15, -0.1) is 0 Å². The van der Waals surface area contributed by atoms with Crippen molar-refractivity contribution in [2.75, 3.05) is 0 Å². The summed E-state index contributed by atoms with van der Waals surface area (Å²) in [7, 11) is -1.56. The lowest BCUT2D eigenvalue weighted by Gasteiger charge is -1.96. The van der Waals surface area contributed by atoms with Crippen molar-refractivity contribution in [3.63, 3.8) is 0 Å².